The van der Waals surface area contributed by atoms with Crippen LogP contribution in [0.1, 0.15) is 5.69 Å². The van der Waals surface area contributed by atoms with Crippen LogP contribution in [0, 0.1) is 6.92 Å². The van der Waals surface area contributed by atoms with Crippen molar-refractivity contribution in [3.05, 3.63) is 90.9 Å². The van der Waals surface area contributed by atoms with Gasteiger partial charge in [0.25, 0.3) is 0 Å². The van der Waals surface area contributed by atoms with Crippen molar-refractivity contribution < 1.29 is 0 Å². The van der Waals surface area contributed by atoms with Crippen molar-refractivity contribution >= 4 is 10.9 Å². The van der Waals surface area contributed by atoms with E-state index in [4.69, 9.17) is 0 Å². The zero-order valence-corrected chi connectivity index (χ0v) is 15.4. The predicted octanol–water partition coefficient (Wildman–Crippen LogP) is 6.04. The maximum Gasteiger partial charge on any atom is 0.234 e. The molecule has 1 aliphatic carbocycles. The molecule has 0 atom stereocenters. The lowest BCUT2D eigenvalue weighted by molar-refractivity contribution is 0.929. The van der Waals surface area contributed by atoms with E-state index >= 15 is 0 Å². The molecule has 28 heavy (non-hydrogen) atoms. The minimum atomic E-state index is 0.708. The standard InChI is InChI=1S/C25H17N3/c1-16-23-20-11-5-4-9-18(20)17-8-2-3-10-19(17)21-12-6-13-22(24(21)23)28(16)25-26-14-7-15-27-25/h2-15H,1H3. The van der Waals surface area contributed by atoms with Crippen LogP contribution in [0.2, 0.25) is 0 Å². The molecule has 0 aliphatic heterocycles. The van der Waals surface area contributed by atoms with Crippen LogP contribution in [0.3, 0.4) is 0 Å². The Labute approximate surface area is 163 Å². The van der Waals surface area contributed by atoms with Gasteiger partial charge in [-0.25, -0.2) is 9.97 Å². The largest absolute Gasteiger partial charge is 0.282 e. The van der Waals surface area contributed by atoms with Gasteiger partial charge in [0.15, 0.2) is 0 Å². The molecule has 6 rings (SSSR count). The van der Waals surface area contributed by atoms with Crippen LogP contribution in [-0.2, 0) is 0 Å². The topological polar surface area (TPSA) is 30.7 Å². The Bertz CT molecular complexity index is 1360. The molecule has 0 saturated heterocycles. The average Bonchev–Trinajstić information content (AvgIpc) is 2.98. The summed E-state index contributed by atoms with van der Waals surface area (Å²) >= 11 is 0. The first-order valence-electron chi connectivity index (χ1n) is 9.45. The Morgan fingerprint density at radius 2 is 1.18 bits per heavy atom. The van der Waals surface area contributed by atoms with Gasteiger partial charge in [-0.1, -0.05) is 60.7 Å². The second-order valence-electron chi connectivity index (χ2n) is 7.14. The van der Waals surface area contributed by atoms with E-state index < -0.39 is 0 Å². The summed E-state index contributed by atoms with van der Waals surface area (Å²) in [5, 5.41) is 1.27. The highest BCUT2D eigenvalue weighted by Gasteiger charge is 2.26. The lowest BCUT2D eigenvalue weighted by atomic mass is 9.94. The minimum Gasteiger partial charge on any atom is -0.282 e. The molecule has 0 spiro atoms. The third-order valence-electron chi connectivity index (χ3n) is 5.69. The number of hydrogen-bond donors (Lipinski definition) is 0. The maximum absolute atomic E-state index is 4.53. The molecule has 0 amide bonds. The minimum absolute atomic E-state index is 0.708. The third kappa shape index (κ3) is 1.93. The molecule has 0 bridgehead atoms. The molecule has 3 nitrogen and oxygen atoms in total. The number of benzene rings is 3. The van der Waals surface area contributed by atoms with Crippen molar-refractivity contribution in [3.8, 4) is 39.3 Å². The van der Waals surface area contributed by atoms with Gasteiger partial charge in [0.05, 0.1) is 5.52 Å². The first-order chi connectivity index (χ1) is 13.8. The van der Waals surface area contributed by atoms with E-state index in [1.807, 2.05) is 6.07 Å². The quantitative estimate of drug-likeness (QED) is 0.358. The molecular formula is C25H17N3. The van der Waals surface area contributed by atoms with Crippen molar-refractivity contribution in [3.63, 3.8) is 0 Å². The summed E-state index contributed by atoms with van der Waals surface area (Å²) < 4.78 is 2.18. The smallest absolute Gasteiger partial charge is 0.234 e. The first kappa shape index (κ1) is 15.3. The Hall–Kier alpha value is -3.72. The fraction of sp³-hybridized carbons (Fsp3) is 0.0400. The van der Waals surface area contributed by atoms with Crippen molar-refractivity contribution in [2.75, 3.05) is 0 Å². The maximum atomic E-state index is 4.53. The van der Waals surface area contributed by atoms with Crippen molar-refractivity contribution in [1.29, 1.82) is 0 Å². The van der Waals surface area contributed by atoms with E-state index in [0.717, 1.165) is 11.2 Å². The zero-order valence-electron chi connectivity index (χ0n) is 15.4. The molecular weight excluding hydrogens is 342 g/mol. The molecule has 0 N–H and O–H groups in total. The van der Waals surface area contributed by atoms with Gasteiger partial charge in [0.1, 0.15) is 0 Å². The van der Waals surface area contributed by atoms with E-state index in [1.54, 1.807) is 12.4 Å². The van der Waals surface area contributed by atoms with Crippen LogP contribution >= 0.6 is 0 Å². The van der Waals surface area contributed by atoms with Crippen molar-refractivity contribution in [1.82, 2.24) is 14.5 Å². The van der Waals surface area contributed by atoms with Crippen LogP contribution in [0.25, 0.3) is 50.2 Å². The molecule has 2 heterocycles. The summed E-state index contributed by atoms with van der Waals surface area (Å²) in [5.41, 5.74) is 9.91. The van der Waals surface area contributed by atoms with E-state index in [-0.39, 0.29) is 0 Å². The normalized spacial score (nSPS) is 11.8. The molecule has 0 unspecified atom stereocenters. The second-order valence-corrected chi connectivity index (χ2v) is 7.14. The third-order valence-corrected chi connectivity index (χ3v) is 5.69. The van der Waals surface area contributed by atoms with Gasteiger partial charge in [0, 0.05) is 29.0 Å². The molecule has 0 fully saturated rings. The molecule has 2 aromatic heterocycles. The summed E-state index contributed by atoms with van der Waals surface area (Å²) in [6.45, 7) is 2.17. The lowest BCUT2D eigenvalue weighted by Gasteiger charge is -2.12. The summed E-state index contributed by atoms with van der Waals surface area (Å²) in [6.07, 6.45) is 3.60. The predicted molar refractivity (Wildman–Crippen MR) is 113 cm³/mol. The van der Waals surface area contributed by atoms with Gasteiger partial charge < -0.3 is 0 Å². The first-order valence-corrected chi connectivity index (χ1v) is 9.45. The van der Waals surface area contributed by atoms with Crippen LogP contribution in [-0.4, -0.2) is 14.5 Å². The summed E-state index contributed by atoms with van der Waals surface area (Å²) in [5.74, 6) is 0.708. The lowest BCUT2D eigenvalue weighted by Crippen LogP contribution is -2.02. The fourth-order valence-corrected chi connectivity index (χ4v) is 4.57. The Morgan fingerprint density at radius 3 is 1.89 bits per heavy atom. The highest BCUT2D eigenvalue weighted by molar-refractivity contribution is 6.14. The number of nitrogens with zero attached hydrogens (tertiary/aromatic N) is 3. The average molecular weight is 359 g/mol. The van der Waals surface area contributed by atoms with Gasteiger partial charge in [-0.15, -0.1) is 0 Å². The molecule has 1 aliphatic rings. The van der Waals surface area contributed by atoms with Crippen LogP contribution in [0.15, 0.2) is 85.2 Å². The summed E-state index contributed by atoms with van der Waals surface area (Å²) in [7, 11) is 0. The fourth-order valence-electron chi connectivity index (χ4n) is 4.57. The molecule has 0 radical (unpaired) electrons. The number of fused-ring (bicyclic) bond motifs is 5. The summed E-state index contributed by atoms with van der Waals surface area (Å²) in [6, 6.07) is 25.8. The molecule has 132 valence electrons. The van der Waals surface area contributed by atoms with Crippen LogP contribution in [0.4, 0.5) is 0 Å². The Balaban J connectivity index is 1.87. The molecule has 3 heteroatoms. The number of aromatic nitrogens is 3. The van der Waals surface area contributed by atoms with Gasteiger partial charge in [0.2, 0.25) is 5.95 Å². The van der Waals surface area contributed by atoms with Crippen LogP contribution in [0.5, 0.6) is 0 Å². The molecule has 0 saturated carbocycles. The second kappa shape index (κ2) is 5.64. The van der Waals surface area contributed by atoms with Gasteiger partial charge in [-0.2, -0.15) is 0 Å². The SMILES string of the molecule is Cc1c2c3c(cccc3n1-c1ncccn1)-c1ccccc1-c1ccccc1-2. The highest BCUT2D eigenvalue weighted by Crippen LogP contribution is 2.49. The van der Waals surface area contributed by atoms with Crippen molar-refractivity contribution in [2.24, 2.45) is 0 Å². The van der Waals surface area contributed by atoms with E-state index in [0.29, 0.717) is 5.95 Å². The van der Waals surface area contributed by atoms with E-state index in [9.17, 15) is 0 Å². The van der Waals surface area contributed by atoms with E-state index in [2.05, 4.69) is 88.2 Å². The van der Waals surface area contributed by atoms with Crippen LogP contribution < -0.4 is 0 Å². The van der Waals surface area contributed by atoms with Gasteiger partial charge in [-0.05, 0) is 46.9 Å². The highest BCUT2D eigenvalue weighted by atomic mass is 15.2. The Morgan fingerprint density at radius 1 is 0.607 bits per heavy atom. The Kier molecular flexibility index (Phi) is 3.09. The van der Waals surface area contributed by atoms with Crippen molar-refractivity contribution in [2.45, 2.75) is 6.92 Å². The summed E-state index contributed by atoms with van der Waals surface area (Å²) in [4.78, 5) is 9.07. The zero-order chi connectivity index (χ0) is 18.7. The molecule has 5 aromatic rings. The molecule has 3 aromatic carbocycles. The van der Waals surface area contributed by atoms with Gasteiger partial charge in [-0.3, -0.25) is 4.57 Å². The monoisotopic (exact) mass is 359 g/mol. The number of rotatable bonds is 1. The number of hydrogen-bond acceptors (Lipinski definition) is 2. The van der Waals surface area contributed by atoms with Gasteiger partial charge >= 0.3 is 0 Å². The van der Waals surface area contributed by atoms with E-state index in [1.165, 1.54) is 38.8 Å².